The number of aromatic amines is 1. The van der Waals surface area contributed by atoms with Gasteiger partial charge in [-0.15, -0.1) is 0 Å². The van der Waals surface area contributed by atoms with Gasteiger partial charge in [0.1, 0.15) is 6.04 Å². The van der Waals surface area contributed by atoms with Gasteiger partial charge in [-0.1, -0.05) is 206 Å². The second-order valence-corrected chi connectivity index (χ2v) is 16.5. The second-order valence-electron chi connectivity index (χ2n) is 16.5. The number of carbonyl (C=O) groups is 3. The highest BCUT2D eigenvalue weighted by atomic mass is 16.5. The summed E-state index contributed by atoms with van der Waals surface area (Å²) >= 11 is 0. The molecule has 0 fully saturated rings. The highest BCUT2D eigenvalue weighted by molar-refractivity contribution is 5.87. The molecule has 1 aromatic rings. The molecule has 0 aliphatic carbocycles. The predicted octanol–water partition coefficient (Wildman–Crippen LogP) is 12.2. The molecule has 0 unspecified atom stereocenters. The van der Waals surface area contributed by atoms with E-state index in [1.54, 1.807) is 6.20 Å². The largest absolute Gasteiger partial charge is 0.466 e. The fourth-order valence-electron chi connectivity index (χ4n) is 7.35. The number of hydrogen-bond acceptors (Lipinski definition) is 7. The summed E-state index contributed by atoms with van der Waals surface area (Å²) in [6, 6.07) is -1.83. The number of H-pyrrole nitrogens is 1. The molecule has 0 saturated heterocycles. The molecule has 4 N–H and O–H groups in total. The molecule has 0 bridgehead atoms. The van der Waals surface area contributed by atoms with Gasteiger partial charge in [-0.05, 0) is 19.3 Å². The topological polar surface area (TPSA) is 136 Å². The van der Waals surface area contributed by atoms with E-state index >= 15 is 0 Å². The lowest BCUT2D eigenvalue weighted by Crippen LogP contribution is -2.50. The number of aromatic nitrogens is 2. The summed E-state index contributed by atoms with van der Waals surface area (Å²) in [6.45, 7) is 5.22. The summed E-state index contributed by atoms with van der Waals surface area (Å²) in [6.07, 6.45) is 44.7. The second kappa shape index (κ2) is 39.4. The Labute approximate surface area is 344 Å². The van der Waals surface area contributed by atoms with Crippen LogP contribution in [0.15, 0.2) is 12.5 Å². The van der Waals surface area contributed by atoms with Crippen molar-refractivity contribution in [1.29, 1.82) is 0 Å². The Morgan fingerprint density at radius 3 is 1.34 bits per heavy atom. The standard InChI is InChI=1S/C47H88N4O5/c1-3-5-7-9-11-13-15-17-19-21-23-25-27-29-31-33-37-55-45(52)36-35-44(51-46(53)43(48)39-42-40-49-41-50-42)47(54)56-38-34-32-30-28-26-24-22-20-18-16-14-12-10-8-6-4-2/h40-41,43-44H,3-39,48H2,1-2H3,(H,49,50)(H,51,53)/t43-,44-/m0/s1. The number of unbranched alkanes of at least 4 members (excludes halogenated alkanes) is 30. The third-order valence-corrected chi connectivity index (χ3v) is 11.1. The SMILES string of the molecule is CCCCCCCCCCCCCCCCCCOC(=O)CC[C@H](NC(=O)[C@@H](N)Cc1cnc[nH]1)C(=O)OCCCCCCCCCCCCCCCCCC. The summed E-state index contributed by atoms with van der Waals surface area (Å²) in [5.74, 6) is -1.36. The van der Waals surface area contributed by atoms with Crippen LogP contribution in [0.5, 0.6) is 0 Å². The van der Waals surface area contributed by atoms with Crippen molar-refractivity contribution in [1.82, 2.24) is 15.3 Å². The van der Waals surface area contributed by atoms with Gasteiger partial charge in [0.2, 0.25) is 5.91 Å². The van der Waals surface area contributed by atoms with Crippen LogP contribution >= 0.6 is 0 Å². The van der Waals surface area contributed by atoms with Gasteiger partial charge in [0.05, 0.1) is 25.6 Å². The van der Waals surface area contributed by atoms with Gasteiger partial charge < -0.3 is 25.5 Å². The van der Waals surface area contributed by atoms with Gasteiger partial charge in [0.15, 0.2) is 0 Å². The molecule has 0 spiro atoms. The van der Waals surface area contributed by atoms with Crippen molar-refractivity contribution < 1.29 is 23.9 Å². The third kappa shape index (κ3) is 32.6. The molecular weight excluding hydrogens is 701 g/mol. The maximum absolute atomic E-state index is 13.1. The number of imidazole rings is 1. The predicted molar refractivity (Wildman–Crippen MR) is 232 cm³/mol. The van der Waals surface area contributed by atoms with Crippen molar-refractivity contribution in [2.45, 2.75) is 251 Å². The van der Waals surface area contributed by atoms with E-state index in [9.17, 15) is 14.4 Å². The Kier molecular flexibility index (Phi) is 36.3. The Morgan fingerprint density at radius 1 is 0.589 bits per heavy atom. The molecule has 9 heteroatoms. The van der Waals surface area contributed by atoms with Crippen molar-refractivity contribution in [2.75, 3.05) is 13.2 Å². The average Bonchev–Trinajstić information content (AvgIpc) is 3.71. The smallest absolute Gasteiger partial charge is 0.328 e. The monoisotopic (exact) mass is 789 g/mol. The molecular formula is C47H88N4O5. The van der Waals surface area contributed by atoms with Gasteiger partial charge in [0, 0.05) is 24.7 Å². The van der Waals surface area contributed by atoms with Crippen molar-refractivity contribution >= 4 is 17.8 Å². The molecule has 1 heterocycles. The van der Waals surface area contributed by atoms with Gasteiger partial charge in [-0.2, -0.15) is 0 Å². The maximum atomic E-state index is 13.1. The molecule has 1 rings (SSSR count). The van der Waals surface area contributed by atoms with E-state index in [-0.39, 0.29) is 25.2 Å². The Balaban J connectivity index is 2.20. The summed E-state index contributed by atoms with van der Waals surface area (Å²) in [7, 11) is 0. The molecule has 1 aromatic heterocycles. The van der Waals surface area contributed by atoms with Crippen LogP contribution in [0, 0.1) is 0 Å². The van der Waals surface area contributed by atoms with Crippen LogP contribution in [0.3, 0.4) is 0 Å². The number of carbonyl (C=O) groups excluding carboxylic acids is 3. The molecule has 0 aromatic carbocycles. The van der Waals surface area contributed by atoms with E-state index in [0.29, 0.717) is 13.2 Å². The third-order valence-electron chi connectivity index (χ3n) is 11.1. The van der Waals surface area contributed by atoms with Crippen LogP contribution in [0.25, 0.3) is 0 Å². The van der Waals surface area contributed by atoms with Crippen molar-refractivity contribution in [3.8, 4) is 0 Å². The minimum atomic E-state index is -0.959. The van der Waals surface area contributed by atoms with Crippen LogP contribution in [-0.2, 0) is 30.3 Å². The zero-order valence-corrected chi connectivity index (χ0v) is 36.5. The fourth-order valence-corrected chi connectivity index (χ4v) is 7.35. The molecule has 2 atom stereocenters. The normalized spacial score (nSPS) is 12.4. The lowest BCUT2D eigenvalue weighted by molar-refractivity contribution is -0.149. The quantitative estimate of drug-likeness (QED) is 0.0443. The number of esters is 2. The lowest BCUT2D eigenvalue weighted by atomic mass is 10.0. The molecule has 56 heavy (non-hydrogen) atoms. The number of nitrogens with one attached hydrogen (secondary N) is 2. The van der Waals surface area contributed by atoms with Crippen molar-refractivity contribution in [3.63, 3.8) is 0 Å². The highest BCUT2D eigenvalue weighted by Crippen LogP contribution is 2.16. The van der Waals surface area contributed by atoms with E-state index in [4.69, 9.17) is 15.2 Å². The summed E-state index contributed by atoms with van der Waals surface area (Å²) < 4.78 is 11.0. The fraction of sp³-hybridized carbons (Fsp3) is 0.872. The van der Waals surface area contributed by atoms with Crippen LogP contribution < -0.4 is 11.1 Å². The van der Waals surface area contributed by atoms with Crippen LogP contribution in [-0.4, -0.2) is 53.1 Å². The lowest BCUT2D eigenvalue weighted by Gasteiger charge is -2.20. The Hall–Kier alpha value is -2.42. The van der Waals surface area contributed by atoms with Crippen molar-refractivity contribution in [3.05, 3.63) is 18.2 Å². The van der Waals surface area contributed by atoms with Gasteiger partial charge in [0.25, 0.3) is 0 Å². The molecule has 9 nitrogen and oxygen atoms in total. The number of ether oxygens (including phenoxy) is 2. The maximum Gasteiger partial charge on any atom is 0.328 e. The van der Waals surface area contributed by atoms with Gasteiger partial charge >= 0.3 is 11.9 Å². The zero-order chi connectivity index (χ0) is 40.6. The number of hydrogen-bond donors (Lipinski definition) is 3. The number of amides is 1. The molecule has 326 valence electrons. The molecule has 0 radical (unpaired) electrons. The Bertz CT molecular complexity index is 1020. The van der Waals surface area contributed by atoms with Gasteiger partial charge in [-0.25, -0.2) is 9.78 Å². The van der Waals surface area contributed by atoms with E-state index in [0.717, 1.165) is 44.2 Å². The molecule has 0 aliphatic rings. The first kappa shape index (κ1) is 51.6. The number of nitrogens with zero attached hydrogens (tertiary/aromatic N) is 1. The van der Waals surface area contributed by atoms with E-state index in [1.165, 1.54) is 173 Å². The number of rotatable bonds is 42. The zero-order valence-electron chi connectivity index (χ0n) is 36.5. The first-order chi connectivity index (χ1) is 27.5. The molecule has 0 saturated carbocycles. The first-order valence-corrected chi connectivity index (χ1v) is 23.8. The minimum Gasteiger partial charge on any atom is -0.466 e. The molecule has 0 aliphatic heterocycles. The van der Waals surface area contributed by atoms with Crippen LogP contribution in [0.2, 0.25) is 0 Å². The summed E-state index contributed by atoms with van der Waals surface area (Å²) in [5.41, 5.74) is 6.86. The number of nitrogens with two attached hydrogens (primary N) is 1. The first-order valence-electron chi connectivity index (χ1n) is 23.8. The van der Waals surface area contributed by atoms with Crippen LogP contribution in [0.1, 0.15) is 238 Å². The summed E-state index contributed by atoms with van der Waals surface area (Å²) in [5, 5.41) is 2.74. The van der Waals surface area contributed by atoms with Gasteiger partial charge in [-0.3, -0.25) is 9.59 Å². The molecule has 1 amide bonds. The Morgan fingerprint density at radius 2 is 0.964 bits per heavy atom. The minimum absolute atomic E-state index is 0.0216. The summed E-state index contributed by atoms with van der Waals surface area (Å²) in [4.78, 5) is 45.5. The van der Waals surface area contributed by atoms with Crippen LogP contribution in [0.4, 0.5) is 0 Å². The average molecular weight is 789 g/mol. The highest BCUT2D eigenvalue weighted by Gasteiger charge is 2.26. The van der Waals surface area contributed by atoms with E-state index in [1.807, 2.05) is 0 Å². The van der Waals surface area contributed by atoms with Crippen molar-refractivity contribution in [2.24, 2.45) is 5.73 Å². The van der Waals surface area contributed by atoms with E-state index < -0.39 is 24.0 Å². The van der Waals surface area contributed by atoms with E-state index in [2.05, 4.69) is 29.1 Å².